The van der Waals surface area contributed by atoms with Gasteiger partial charge in [0.1, 0.15) is 6.61 Å². The van der Waals surface area contributed by atoms with E-state index in [0.29, 0.717) is 0 Å². The molecule has 0 unspecified atom stereocenters. The van der Waals surface area contributed by atoms with Crippen molar-refractivity contribution in [2.24, 2.45) is 4.99 Å². The van der Waals surface area contributed by atoms with Gasteiger partial charge in [-0.15, -0.1) is 0 Å². The SMILES string of the molecule is C1=NCCO1.C1CNC1. The van der Waals surface area contributed by atoms with Gasteiger partial charge in [0.2, 0.25) is 0 Å². The molecule has 1 saturated heterocycles. The molecule has 0 aromatic carbocycles. The van der Waals surface area contributed by atoms with Crippen LogP contribution in [0.2, 0.25) is 0 Å². The molecule has 2 aliphatic heterocycles. The lowest BCUT2D eigenvalue weighted by Crippen LogP contribution is -2.29. The Morgan fingerprint density at radius 3 is 2.22 bits per heavy atom. The van der Waals surface area contributed by atoms with E-state index in [4.69, 9.17) is 0 Å². The van der Waals surface area contributed by atoms with Crippen molar-refractivity contribution < 1.29 is 4.74 Å². The average molecular weight is 128 g/mol. The van der Waals surface area contributed by atoms with Crippen molar-refractivity contribution in [3.8, 4) is 0 Å². The van der Waals surface area contributed by atoms with Crippen LogP contribution in [-0.2, 0) is 4.74 Å². The van der Waals surface area contributed by atoms with Crippen LogP contribution in [0.3, 0.4) is 0 Å². The van der Waals surface area contributed by atoms with Crippen LogP contribution in [-0.4, -0.2) is 32.6 Å². The molecule has 2 heterocycles. The zero-order valence-electron chi connectivity index (χ0n) is 5.47. The van der Waals surface area contributed by atoms with E-state index in [-0.39, 0.29) is 0 Å². The van der Waals surface area contributed by atoms with Crippen LogP contribution in [0.1, 0.15) is 6.42 Å². The molecular formula is C6H12N2O. The van der Waals surface area contributed by atoms with Gasteiger partial charge in [0, 0.05) is 0 Å². The highest BCUT2D eigenvalue weighted by Crippen LogP contribution is 1.80. The van der Waals surface area contributed by atoms with Gasteiger partial charge in [0.15, 0.2) is 6.40 Å². The van der Waals surface area contributed by atoms with Gasteiger partial charge in [-0.3, -0.25) is 4.99 Å². The Hall–Kier alpha value is -0.570. The molecule has 0 atom stereocenters. The zero-order valence-corrected chi connectivity index (χ0v) is 5.47. The van der Waals surface area contributed by atoms with E-state index in [0.717, 1.165) is 13.2 Å². The van der Waals surface area contributed by atoms with E-state index in [1.807, 2.05) is 0 Å². The Kier molecular flexibility index (Phi) is 3.15. The molecular weight excluding hydrogens is 116 g/mol. The van der Waals surface area contributed by atoms with Gasteiger partial charge < -0.3 is 10.1 Å². The molecule has 0 amide bonds. The van der Waals surface area contributed by atoms with Crippen molar-refractivity contribution in [2.45, 2.75) is 6.42 Å². The highest BCUT2D eigenvalue weighted by atomic mass is 16.5. The maximum atomic E-state index is 4.65. The predicted molar refractivity (Wildman–Crippen MR) is 36.8 cm³/mol. The molecule has 9 heavy (non-hydrogen) atoms. The van der Waals surface area contributed by atoms with Crippen LogP contribution in [0, 0.1) is 0 Å². The summed E-state index contributed by atoms with van der Waals surface area (Å²) in [5.74, 6) is 0. The van der Waals surface area contributed by atoms with Gasteiger partial charge in [-0.2, -0.15) is 0 Å². The van der Waals surface area contributed by atoms with Gasteiger partial charge in [-0.05, 0) is 19.5 Å². The predicted octanol–water partition coefficient (Wildman–Crippen LogP) is 0.0246. The quantitative estimate of drug-likeness (QED) is 0.499. The molecule has 0 aromatic heterocycles. The van der Waals surface area contributed by atoms with Crippen LogP contribution >= 0.6 is 0 Å². The summed E-state index contributed by atoms with van der Waals surface area (Å²) >= 11 is 0. The minimum Gasteiger partial charge on any atom is -0.482 e. The zero-order chi connectivity index (χ0) is 6.36. The summed E-state index contributed by atoms with van der Waals surface area (Å²) in [6.45, 7) is 4.12. The molecule has 0 aromatic rings. The number of rotatable bonds is 0. The van der Waals surface area contributed by atoms with Crippen LogP contribution in [0.25, 0.3) is 0 Å². The fourth-order valence-electron chi connectivity index (χ4n) is 0.440. The van der Waals surface area contributed by atoms with Crippen molar-refractivity contribution in [1.82, 2.24) is 5.32 Å². The van der Waals surface area contributed by atoms with Crippen molar-refractivity contribution in [1.29, 1.82) is 0 Å². The monoisotopic (exact) mass is 128 g/mol. The third kappa shape index (κ3) is 3.08. The summed E-state index contributed by atoms with van der Waals surface area (Å²) in [5, 5.41) is 3.11. The lowest BCUT2D eigenvalue weighted by molar-refractivity contribution is 0.361. The molecule has 0 spiro atoms. The Balaban J connectivity index is 0.0000000922. The average Bonchev–Trinajstić information content (AvgIpc) is 2.07. The van der Waals surface area contributed by atoms with Crippen LogP contribution < -0.4 is 5.32 Å². The maximum absolute atomic E-state index is 4.65. The summed E-state index contributed by atoms with van der Waals surface area (Å²) in [6.07, 6.45) is 2.88. The van der Waals surface area contributed by atoms with E-state index < -0.39 is 0 Å². The van der Waals surface area contributed by atoms with Gasteiger partial charge in [0.05, 0.1) is 6.54 Å². The van der Waals surface area contributed by atoms with E-state index in [2.05, 4.69) is 15.0 Å². The first-order valence-corrected chi connectivity index (χ1v) is 3.31. The van der Waals surface area contributed by atoms with Gasteiger partial charge in [-0.1, -0.05) is 0 Å². The maximum Gasteiger partial charge on any atom is 0.169 e. The first-order valence-electron chi connectivity index (χ1n) is 3.31. The highest BCUT2D eigenvalue weighted by Gasteiger charge is 1.92. The summed E-state index contributed by atoms with van der Waals surface area (Å²) in [4.78, 5) is 3.74. The smallest absolute Gasteiger partial charge is 0.169 e. The molecule has 0 aliphatic carbocycles. The van der Waals surface area contributed by atoms with Crippen molar-refractivity contribution in [2.75, 3.05) is 26.2 Å². The van der Waals surface area contributed by atoms with E-state index in [1.165, 1.54) is 25.9 Å². The first kappa shape index (κ1) is 6.55. The second-order valence-corrected chi connectivity index (χ2v) is 1.99. The van der Waals surface area contributed by atoms with E-state index in [9.17, 15) is 0 Å². The Bertz CT molecular complexity index is 79.1. The summed E-state index contributed by atoms with van der Waals surface area (Å²) in [7, 11) is 0. The number of hydrogen-bond donors (Lipinski definition) is 1. The molecule has 3 nitrogen and oxygen atoms in total. The van der Waals surface area contributed by atoms with Gasteiger partial charge in [-0.25, -0.2) is 0 Å². The second kappa shape index (κ2) is 4.32. The molecule has 3 heteroatoms. The van der Waals surface area contributed by atoms with E-state index in [1.54, 1.807) is 0 Å². The van der Waals surface area contributed by atoms with Gasteiger partial charge in [0.25, 0.3) is 0 Å². The first-order chi connectivity index (χ1) is 4.50. The molecule has 2 aliphatic rings. The van der Waals surface area contributed by atoms with Crippen molar-refractivity contribution in [3.05, 3.63) is 0 Å². The standard InChI is InChI=1S/C3H5NO.C3H7N/c1-2-5-3-4-1;1-2-4-3-1/h3H,1-2H2;4H,1-3H2. The number of nitrogens with one attached hydrogen (secondary N) is 1. The minimum atomic E-state index is 0.778. The fraction of sp³-hybridized carbons (Fsp3) is 0.833. The minimum absolute atomic E-state index is 0.778. The molecule has 1 N–H and O–H groups in total. The number of nitrogens with zero attached hydrogens (tertiary/aromatic N) is 1. The van der Waals surface area contributed by atoms with Gasteiger partial charge >= 0.3 is 0 Å². The van der Waals surface area contributed by atoms with Crippen LogP contribution in [0.4, 0.5) is 0 Å². The normalized spacial score (nSPS) is 21.3. The Labute approximate surface area is 55.1 Å². The largest absolute Gasteiger partial charge is 0.482 e. The molecule has 0 saturated carbocycles. The number of hydrogen-bond acceptors (Lipinski definition) is 3. The van der Waals surface area contributed by atoms with Crippen LogP contribution in [0.15, 0.2) is 4.99 Å². The summed E-state index contributed by atoms with van der Waals surface area (Å²) in [5.41, 5.74) is 0. The summed E-state index contributed by atoms with van der Waals surface area (Å²) in [6, 6.07) is 0. The molecule has 0 radical (unpaired) electrons. The number of aliphatic imine (C=N–C) groups is 1. The molecule has 52 valence electrons. The highest BCUT2D eigenvalue weighted by molar-refractivity contribution is 5.47. The molecule has 0 bridgehead atoms. The topological polar surface area (TPSA) is 33.6 Å². The lowest BCUT2D eigenvalue weighted by atomic mass is 10.3. The number of ether oxygens (including phenoxy) is 1. The third-order valence-corrected chi connectivity index (χ3v) is 1.19. The lowest BCUT2D eigenvalue weighted by Gasteiger charge is -2.09. The fourth-order valence-corrected chi connectivity index (χ4v) is 0.440. The van der Waals surface area contributed by atoms with Crippen molar-refractivity contribution in [3.63, 3.8) is 0 Å². The summed E-state index contributed by atoms with van der Waals surface area (Å²) < 4.78 is 4.65. The van der Waals surface area contributed by atoms with Crippen LogP contribution in [0.5, 0.6) is 0 Å². The Morgan fingerprint density at radius 1 is 1.44 bits per heavy atom. The van der Waals surface area contributed by atoms with Crippen molar-refractivity contribution >= 4 is 6.40 Å². The van der Waals surface area contributed by atoms with E-state index >= 15 is 0 Å². The Morgan fingerprint density at radius 2 is 2.11 bits per heavy atom. The molecule has 2 rings (SSSR count). The molecule has 1 fully saturated rings. The third-order valence-electron chi connectivity index (χ3n) is 1.19. The second-order valence-electron chi connectivity index (χ2n) is 1.99.